The maximum atomic E-state index is 5.53. The van der Waals surface area contributed by atoms with Crippen LogP contribution in [0.3, 0.4) is 0 Å². The molecule has 0 aromatic heterocycles. The smallest absolute Gasteiger partial charge is 0.146 e. The molecule has 0 bridgehead atoms. The summed E-state index contributed by atoms with van der Waals surface area (Å²) in [6.45, 7) is 4.80. The van der Waals surface area contributed by atoms with E-state index < -0.39 is 0 Å². The van der Waals surface area contributed by atoms with E-state index in [-0.39, 0.29) is 0 Å². The Hall–Kier alpha value is -1.42. The second-order valence-corrected chi connectivity index (χ2v) is 5.45. The van der Waals surface area contributed by atoms with Crippen LogP contribution in [-0.2, 0) is 4.74 Å². The second kappa shape index (κ2) is 6.84. The van der Waals surface area contributed by atoms with Gasteiger partial charge in [0.05, 0.1) is 14.2 Å². The second-order valence-electron chi connectivity index (χ2n) is 5.45. The molecule has 0 aliphatic carbocycles. The third-order valence-corrected chi connectivity index (χ3v) is 3.88. The number of ether oxygens (including phenoxy) is 3. The summed E-state index contributed by atoms with van der Waals surface area (Å²) in [5, 5.41) is 0. The first-order valence-electron chi connectivity index (χ1n) is 7.17. The Bertz CT molecular complexity index is 416. The Labute approximate surface area is 121 Å². The van der Waals surface area contributed by atoms with Crippen molar-refractivity contribution in [3.05, 3.63) is 17.7 Å². The van der Waals surface area contributed by atoms with Crippen molar-refractivity contribution < 1.29 is 14.2 Å². The van der Waals surface area contributed by atoms with Gasteiger partial charge in [0.15, 0.2) is 0 Å². The predicted molar refractivity (Wildman–Crippen MR) is 81.1 cm³/mol. The molecule has 0 radical (unpaired) electrons. The molecule has 1 fully saturated rings. The topological polar surface area (TPSA) is 30.9 Å². The van der Waals surface area contributed by atoms with Crippen molar-refractivity contribution in [3.8, 4) is 11.5 Å². The van der Waals surface area contributed by atoms with Crippen molar-refractivity contribution in [3.63, 3.8) is 0 Å². The summed E-state index contributed by atoms with van der Waals surface area (Å²) >= 11 is 0. The van der Waals surface area contributed by atoms with Gasteiger partial charge >= 0.3 is 0 Å². The van der Waals surface area contributed by atoms with Crippen molar-refractivity contribution in [2.24, 2.45) is 5.92 Å². The number of methoxy groups -OCH3 is 2. The van der Waals surface area contributed by atoms with Crippen molar-refractivity contribution in [2.45, 2.75) is 19.8 Å². The molecule has 4 nitrogen and oxygen atoms in total. The zero-order chi connectivity index (χ0) is 14.5. The van der Waals surface area contributed by atoms with E-state index in [1.807, 2.05) is 6.92 Å². The van der Waals surface area contributed by atoms with E-state index in [2.05, 4.69) is 24.1 Å². The highest BCUT2D eigenvalue weighted by atomic mass is 16.5. The molecule has 112 valence electrons. The van der Waals surface area contributed by atoms with Gasteiger partial charge in [0, 0.05) is 26.8 Å². The van der Waals surface area contributed by atoms with Crippen LogP contribution in [0.2, 0.25) is 0 Å². The lowest BCUT2D eigenvalue weighted by atomic mass is 9.99. The Morgan fingerprint density at radius 2 is 1.70 bits per heavy atom. The molecule has 1 aliphatic heterocycles. The maximum absolute atomic E-state index is 5.53. The fourth-order valence-electron chi connectivity index (χ4n) is 2.81. The fourth-order valence-corrected chi connectivity index (χ4v) is 2.81. The SMILES string of the molecule is COc1cc(C)cc(OC)c1N(C)CC1CCOCC1. The summed E-state index contributed by atoms with van der Waals surface area (Å²) in [7, 11) is 5.52. The molecule has 0 atom stereocenters. The predicted octanol–water partition coefficient (Wildman–Crippen LogP) is 2.88. The number of aryl methyl sites for hydroxylation is 1. The molecule has 20 heavy (non-hydrogen) atoms. The van der Waals surface area contributed by atoms with Crippen LogP contribution in [0.15, 0.2) is 12.1 Å². The van der Waals surface area contributed by atoms with Crippen LogP contribution in [0.5, 0.6) is 11.5 Å². The van der Waals surface area contributed by atoms with Crippen LogP contribution in [0.25, 0.3) is 0 Å². The van der Waals surface area contributed by atoms with Gasteiger partial charge < -0.3 is 19.1 Å². The molecule has 1 aliphatic rings. The molecule has 2 rings (SSSR count). The third-order valence-electron chi connectivity index (χ3n) is 3.88. The van der Waals surface area contributed by atoms with Crippen molar-refractivity contribution in [1.82, 2.24) is 0 Å². The van der Waals surface area contributed by atoms with E-state index in [1.54, 1.807) is 14.2 Å². The standard InChI is InChI=1S/C16H25NO3/c1-12-9-14(18-3)16(15(10-12)19-4)17(2)11-13-5-7-20-8-6-13/h9-10,13H,5-8,11H2,1-4H3. The molecule has 0 saturated carbocycles. The molecular weight excluding hydrogens is 254 g/mol. The van der Waals surface area contributed by atoms with Crippen LogP contribution >= 0.6 is 0 Å². The number of anilines is 1. The van der Waals surface area contributed by atoms with Crippen LogP contribution < -0.4 is 14.4 Å². The largest absolute Gasteiger partial charge is 0.494 e. The molecule has 1 aromatic rings. The number of benzene rings is 1. The lowest BCUT2D eigenvalue weighted by molar-refractivity contribution is 0.0685. The average Bonchev–Trinajstić information content (AvgIpc) is 2.46. The van der Waals surface area contributed by atoms with E-state index in [0.29, 0.717) is 5.92 Å². The lowest BCUT2D eigenvalue weighted by Crippen LogP contribution is -2.30. The number of hydrogen-bond donors (Lipinski definition) is 0. The molecule has 0 N–H and O–H groups in total. The van der Waals surface area contributed by atoms with E-state index in [1.165, 1.54) is 0 Å². The van der Waals surface area contributed by atoms with Crippen LogP contribution in [0.4, 0.5) is 5.69 Å². The Morgan fingerprint density at radius 1 is 1.15 bits per heavy atom. The summed E-state index contributed by atoms with van der Waals surface area (Å²) in [6.07, 6.45) is 2.25. The zero-order valence-corrected chi connectivity index (χ0v) is 12.9. The Morgan fingerprint density at radius 3 is 2.20 bits per heavy atom. The lowest BCUT2D eigenvalue weighted by Gasteiger charge is -2.30. The van der Waals surface area contributed by atoms with Gasteiger partial charge in [0.1, 0.15) is 17.2 Å². The molecule has 0 spiro atoms. The van der Waals surface area contributed by atoms with Gasteiger partial charge in [0.25, 0.3) is 0 Å². The monoisotopic (exact) mass is 279 g/mol. The number of rotatable bonds is 5. The van der Waals surface area contributed by atoms with Crippen LogP contribution in [-0.4, -0.2) is 41.0 Å². The van der Waals surface area contributed by atoms with Gasteiger partial charge in [-0.15, -0.1) is 0 Å². The minimum atomic E-state index is 0.671. The molecule has 4 heteroatoms. The van der Waals surface area contributed by atoms with Gasteiger partial charge in [0.2, 0.25) is 0 Å². The first-order chi connectivity index (χ1) is 9.65. The van der Waals surface area contributed by atoms with E-state index >= 15 is 0 Å². The molecule has 0 unspecified atom stereocenters. The number of nitrogens with zero attached hydrogens (tertiary/aromatic N) is 1. The summed E-state index contributed by atoms with van der Waals surface area (Å²) in [5.74, 6) is 2.41. The van der Waals surface area contributed by atoms with Gasteiger partial charge in [-0.05, 0) is 43.4 Å². The fraction of sp³-hybridized carbons (Fsp3) is 0.625. The first-order valence-corrected chi connectivity index (χ1v) is 7.17. The van der Waals surface area contributed by atoms with E-state index in [0.717, 1.165) is 55.4 Å². The minimum Gasteiger partial charge on any atom is -0.494 e. The number of hydrogen-bond acceptors (Lipinski definition) is 4. The van der Waals surface area contributed by atoms with E-state index in [9.17, 15) is 0 Å². The van der Waals surface area contributed by atoms with Gasteiger partial charge in [-0.1, -0.05) is 0 Å². The maximum Gasteiger partial charge on any atom is 0.146 e. The zero-order valence-electron chi connectivity index (χ0n) is 12.9. The molecule has 0 amide bonds. The van der Waals surface area contributed by atoms with Crippen molar-refractivity contribution >= 4 is 5.69 Å². The van der Waals surface area contributed by atoms with Crippen LogP contribution in [0.1, 0.15) is 18.4 Å². The molecule has 1 saturated heterocycles. The molecular formula is C16H25NO3. The quantitative estimate of drug-likeness (QED) is 0.829. The average molecular weight is 279 g/mol. The molecule has 1 heterocycles. The first kappa shape index (κ1) is 15.0. The highest BCUT2D eigenvalue weighted by Crippen LogP contribution is 2.39. The summed E-state index contributed by atoms with van der Waals surface area (Å²) in [6, 6.07) is 4.11. The molecule has 1 aromatic carbocycles. The van der Waals surface area contributed by atoms with E-state index in [4.69, 9.17) is 14.2 Å². The van der Waals surface area contributed by atoms with Crippen LogP contribution in [0, 0.1) is 12.8 Å². The Balaban J connectivity index is 2.20. The summed E-state index contributed by atoms with van der Waals surface area (Å²) in [4.78, 5) is 2.24. The van der Waals surface area contributed by atoms with Crippen molar-refractivity contribution in [1.29, 1.82) is 0 Å². The third kappa shape index (κ3) is 3.37. The van der Waals surface area contributed by atoms with Gasteiger partial charge in [-0.3, -0.25) is 0 Å². The van der Waals surface area contributed by atoms with Crippen molar-refractivity contribution in [2.75, 3.05) is 45.9 Å². The minimum absolute atomic E-state index is 0.671. The normalized spacial score (nSPS) is 16.0. The van der Waals surface area contributed by atoms with Gasteiger partial charge in [-0.25, -0.2) is 0 Å². The van der Waals surface area contributed by atoms with Gasteiger partial charge in [-0.2, -0.15) is 0 Å². The summed E-state index contributed by atoms with van der Waals surface area (Å²) < 4.78 is 16.5. The summed E-state index contributed by atoms with van der Waals surface area (Å²) in [5.41, 5.74) is 2.18. The highest BCUT2D eigenvalue weighted by molar-refractivity contribution is 5.68. The Kier molecular flexibility index (Phi) is 5.12. The highest BCUT2D eigenvalue weighted by Gasteiger charge is 2.20.